The lowest BCUT2D eigenvalue weighted by atomic mass is 10.1. The van der Waals surface area contributed by atoms with Gasteiger partial charge in [-0.1, -0.05) is 234 Å². The van der Waals surface area contributed by atoms with E-state index in [9.17, 15) is 9.59 Å². The van der Waals surface area contributed by atoms with Crippen molar-refractivity contribution >= 4 is 11.8 Å². The fourth-order valence-corrected chi connectivity index (χ4v) is 9.59. The second-order valence-corrected chi connectivity index (χ2v) is 20.1. The van der Waals surface area contributed by atoms with Crippen molar-refractivity contribution in [2.45, 2.75) is 266 Å². The van der Waals surface area contributed by atoms with Crippen LogP contribution in [0.15, 0.2) is 0 Å². The molecule has 0 saturated carbocycles. The van der Waals surface area contributed by atoms with Crippen molar-refractivity contribution in [2.75, 3.05) is 85.1 Å². The van der Waals surface area contributed by atoms with Gasteiger partial charge >= 0.3 is 0 Å². The van der Waals surface area contributed by atoms with Gasteiger partial charge in [0.2, 0.25) is 11.8 Å². The Bertz CT molecular complexity index is 935. The molecule has 0 aromatic heterocycles. The van der Waals surface area contributed by atoms with E-state index in [0.717, 1.165) is 32.7 Å². The van der Waals surface area contributed by atoms with Crippen molar-refractivity contribution in [3.63, 3.8) is 0 Å². The number of unbranched alkanes of at least 4 members (excludes halogenated alkanes) is 31. The Morgan fingerprint density at radius 3 is 0.714 bits per heavy atom. The molecule has 0 unspecified atom stereocenters. The van der Waals surface area contributed by atoms with Crippen molar-refractivity contribution in [3.8, 4) is 0 Å². The van der Waals surface area contributed by atoms with Gasteiger partial charge in [0.1, 0.15) is 0 Å². The van der Waals surface area contributed by atoms with Crippen LogP contribution in [0.3, 0.4) is 0 Å². The predicted octanol–water partition coefficient (Wildman–Crippen LogP) is 14.7. The largest absolute Gasteiger partial charge is 0.338 e. The first-order valence-electron chi connectivity index (χ1n) is 28.7. The van der Waals surface area contributed by atoms with Crippen molar-refractivity contribution in [1.29, 1.82) is 0 Å². The Morgan fingerprint density at radius 2 is 0.460 bits per heavy atom. The summed E-state index contributed by atoms with van der Waals surface area (Å²) < 4.78 is 0. The minimum absolute atomic E-state index is 0.270. The molecule has 63 heavy (non-hydrogen) atoms. The first kappa shape index (κ1) is 59.8. The third-order valence-corrected chi connectivity index (χ3v) is 14.1. The molecule has 0 aromatic carbocycles. The quantitative estimate of drug-likeness (QED) is 0.0570. The third-order valence-electron chi connectivity index (χ3n) is 14.1. The van der Waals surface area contributed by atoms with Gasteiger partial charge in [-0.05, 0) is 64.8 Å². The molecule has 7 nitrogen and oxygen atoms in total. The molecule has 0 radical (unpaired) electrons. The van der Waals surface area contributed by atoms with Gasteiger partial charge in [-0.2, -0.15) is 0 Å². The van der Waals surface area contributed by atoms with Crippen LogP contribution in [0, 0.1) is 0 Å². The number of carbonyl (C=O) groups is 2. The van der Waals surface area contributed by atoms with E-state index < -0.39 is 0 Å². The predicted molar refractivity (Wildman–Crippen MR) is 277 cm³/mol. The van der Waals surface area contributed by atoms with Crippen LogP contribution in [0.4, 0.5) is 0 Å². The number of hydrogen-bond acceptors (Lipinski definition) is 5. The van der Waals surface area contributed by atoms with Gasteiger partial charge in [-0.25, -0.2) is 0 Å². The molecular weight excluding hydrogens is 775 g/mol. The Labute approximate surface area is 395 Å². The molecule has 374 valence electrons. The van der Waals surface area contributed by atoms with Crippen LogP contribution in [-0.2, 0) is 9.59 Å². The molecular formula is C56H113N5O2. The van der Waals surface area contributed by atoms with E-state index in [0.29, 0.717) is 39.3 Å². The molecule has 1 fully saturated rings. The number of nitrogens with zero attached hydrogens (tertiary/aromatic N) is 5. The molecule has 1 rings (SSSR count). The van der Waals surface area contributed by atoms with Crippen LogP contribution in [0.2, 0.25) is 0 Å². The highest BCUT2D eigenvalue weighted by Crippen LogP contribution is 2.15. The second-order valence-electron chi connectivity index (χ2n) is 20.1. The molecule has 0 bridgehead atoms. The lowest BCUT2D eigenvalue weighted by molar-refractivity contribution is -0.140. The minimum atomic E-state index is 0.270. The van der Waals surface area contributed by atoms with Crippen LogP contribution < -0.4 is 0 Å². The van der Waals surface area contributed by atoms with Crippen molar-refractivity contribution in [1.82, 2.24) is 24.5 Å². The van der Waals surface area contributed by atoms with Crippen LogP contribution in [0.5, 0.6) is 0 Å². The smallest absolute Gasteiger partial charge is 0.236 e. The highest BCUT2D eigenvalue weighted by atomic mass is 16.2. The summed E-state index contributed by atoms with van der Waals surface area (Å²) in [6.45, 7) is 22.8. The minimum Gasteiger partial charge on any atom is -0.338 e. The summed E-state index contributed by atoms with van der Waals surface area (Å²) in [5.41, 5.74) is 0. The molecule has 1 saturated heterocycles. The number of carbonyl (C=O) groups excluding carboxylic acids is 2. The Hall–Kier alpha value is -1.18. The van der Waals surface area contributed by atoms with E-state index in [1.807, 2.05) is 0 Å². The zero-order valence-electron chi connectivity index (χ0n) is 43.7. The highest BCUT2D eigenvalue weighted by molar-refractivity contribution is 5.80. The lowest BCUT2D eigenvalue weighted by Crippen LogP contribution is -2.54. The maximum Gasteiger partial charge on any atom is 0.236 e. The fraction of sp³-hybridized carbons (Fsp3) is 0.964. The molecule has 0 aromatic rings. The third kappa shape index (κ3) is 36.6. The summed E-state index contributed by atoms with van der Waals surface area (Å²) in [5.74, 6) is 0.540. The molecule has 0 atom stereocenters. The summed E-state index contributed by atoms with van der Waals surface area (Å²) in [4.78, 5) is 39.6. The van der Waals surface area contributed by atoms with Crippen molar-refractivity contribution in [2.24, 2.45) is 0 Å². The monoisotopic (exact) mass is 888 g/mol. The first-order valence-corrected chi connectivity index (χ1v) is 28.7. The van der Waals surface area contributed by atoms with Gasteiger partial charge in [0.05, 0.1) is 13.1 Å². The van der Waals surface area contributed by atoms with Crippen molar-refractivity contribution in [3.05, 3.63) is 0 Å². The second kappa shape index (κ2) is 46.0. The van der Waals surface area contributed by atoms with Gasteiger partial charge in [-0.3, -0.25) is 19.4 Å². The van der Waals surface area contributed by atoms with E-state index in [4.69, 9.17) is 0 Å². The van der Waals surface area contributed by atoms with Gasteiger partial charge in [-0.15, -0.1) is 0 Å². The molecule has 2 amide bonds. The van der Waals surface area contributed by atoms with Gasteiger partial charge in [0.25, 0.3) is 0 Å². The average Bonchev–Trinajstić information content (AvgIpc) is 3.29. The van der Waals surface area contributed by atoms with Gasteiger partial charge < -0.3 is 14.7 Å². The van der Waals surface area contributed by atoms with E-state index in [2.05, 4.69) is 59.1 Å². The summed E-state index contributed by atoms with van der Waals surface area (Å²) in [6, 6.07) is 0. The van der Waals surface area contributed by atoms with Crippen LogP contribution >= 0.6 is 0 Å². The number of amides is 2. The van der Waals surface area contributed by atoms with E-state index in [1.54, 1.807) is 0 Å². The molecule has 1 aliphatic rings. The summed E-state index contributed by atoms with van der Waals surface area (Å²) in [5, 5.41) is 0. The normalized spacial score (nSPS) is 13.4. The Balaban J connectivity index is 2.78. The molecule has 0 aliphatic carbocycles. The lowest BCUT2D eigenvalue weighted by Gasteiger charge is -2.37. The molecule has 1 aliphatic heterocycles. The topological polar surface area (TPSA) is 50.3 Å². The SMILES string of the molecule is CCCCCCCCCCN(CCN(CCCCCCCCC)CCCCCCCCC)CC(=O)N1CCN(C(=O)CN(CCCCCCCCC)CCCCCCCCC)CC1. The van der Waals surface area contributed by atoms with Crippen LogP contribution in [0.25, 0.3) is 0 Å². The zero-order chi connectivity index (χ0) is 45.7. The molecule has 1 heterocycles. The maximum absolute atomic E-state index is 14.0. The fourth-order valence-electron chi connectivity index (χ4n) is 9.59. The maximum atomic E-state index is 14.0. The van der Waals surface area contributed by atoms with Crippen LogP contribution in [0.1, 0.15) is 266 Å². The Morgan fingerprint density at radius 1 is 0.270 bits per heavy atom. The standard InChI is InChI=1S/C56H113N5O2/c1-6-11-16-21-26-31-36-41-46-59(48-47-57(42-37-32-27-22-17-12-7-2)43-38-33-28-23-18-13-8-3)54-56(63)61-51-49-60(50-52-61)55(62)53-58(44-39-34-29-24-19-14-9-4)45-40-35-30-25-20-15-10-5/h6-54H2,1-5H3. The number of rotatable bonds is 48. The summed E-state index contributed by atoms with van der Waals surface area (Å²) in [6.07, 6.45) is 47.9. The molecule has 0 N–H and O–H groups in total. The van der Waals surface area contributed by atoms with E-state index >= 15 is 0 Å². The van der Waals surface area contributed by atoms with Gasteiger partial charge in [0, 0.05) is 39.3 Å². The Kier molecular flexibility index (Phi) is 43.6. The number of piperazine rings is 1. The van der Waals surface area contributed by atoms with E-state index in [-0.39, 0.29) is 11.8 Å². The van der Waals surface area contributed by atoms with Crippen molar-refractivity contribution < 1.29 is 9.59 Å². The van der Waals surface area contributed by atoms with Crippen LogP contribution in [-0.4, -0.2) is 121 Å². The molecule has 0 spiro atoms. The average molecular weight is 889 g/mol. The van der Waals surface area contributed by atoms with E-state index in [1.165, 1.54) is 244 Å². The van der Waals surface area contributed by atoms with Gasteiger partial charge in [0.15, 0.2) is 0 Å². The first-order chi connectivity index (χ1) is 31.0. The summed E-state index contributed by atoms with van der Waals surface area (Å²) >= 11 is 0. The summed E-state index contributed by atoms with van der Waals surface area (Å²) in [7, 11) is 0. The molecule has 7 heteroatoms. The number of hydrogen-bond donors (Lipinski definition) is 0. The highest BCUT2D eigenvalue weighted by Gasteiger charge is 2.26. The zero-order valence-corrected chi connectivity index (χ0v) is 43.7.